The van der Waals surface area contributed by atoms with Gasteiger partial charge in [0, 0.05) is 34.6 Å². The number of ether oxygens (including phenoxy) is 1. The number of hydrogen-bond acceptors (Lipinski definition) is 7. The molecule has 8 nitrogen and oxygen atoms in total. The van der Waals surface area contributed by atoms with Crippen LogP contribution in [0.15, 0.2) is 47.3 Å². The molecule has 32 heavy (non-hydrogen) atoms. The highest BCUT2D eigenvalue weighted by molar-refractivity contribution is 7.92. The predicted molar refractivity (Wildman–Crippen MR) is 124 cm³/mol. The zero-order valence-corrected chi connectivity index (χ0v) is 20.1. The zero-order valence-electron chi connectivity index (χ0n) is 18.4. The van der Waals surface area contributed by atoms with E-state index >= 15 is 0 Å². The van der Waals surface area contributed by atoms with E-state index in [0.717, 1.165) is 23.4 Å². The summed E-state index contributed by atoms with van der Waals surface area (Å²) in [5, 5.41) is 0. The Bertz CT molecular complexity index is 1120. The average Bonchev–Trinajstić information content (AvgIpc) is 3.38. The number of amides is 1. The number of nitrogens with zero attached hydrogens (tertiary/aromatic N) is 3. The first-order valence-electron chi connectivity index (χ1n) is 10.5. The van der Waals surface area contributed by atoms with Crippen LogP contribution in [-0.2, 0) is 27.7 Å². The molecule has 0 aliphatic rings. The summed E-state index contributed by atoms with van der Waals surface area (Å²) in [5.74, 6) is 0.361. The van der Waals surface area contributed by atoms with E-state index in [4.69, 9.17) is 4.74 Å². The molecule has 3 aromatic heterocycles. The molecule has 0 bridgehead atoms. The van der Waals surface area contributed by atoms with Gasteiger partial charge >= 0.3 is 6.09 Å². The Hall–Kier alpha value is -2.72. The topological polar surface area (TPSA) is 103 Å². The molecule has 3 aromatic rings. The molecule has 0 unspecified atom stereocenters. The molecular weight excluding hydrogens is 448 g/mol. The van der Waals surface area contributed by atoms with Gasteiger partial charge in [-0.25, -0.2) is 22.9 Å². The number of imidazole rings is 1. The van der Waals surface area contributed by atoms with Gasteiger partial charge in [-0.1, -0.05) is 33.3 Å². The van der Waals surface area contributed by atoms with E-state index in [9.17, 15) is 13.2 Å². The van der Waals surface area contributed by atoms with E-state index in [0.29, 0.717) is 30.0 Å². The number of sulfonamides is 1. The van der Waals surface area contributed by atoms with Crippen LogP contribution in [0.4, 0.5) is 4.79 Å². The summed E-state index contributed by atoms with van der Waals surface area (Å²) in [4.78, 5) is 21.4. The van der Waals surface area contributed by atoms with E-state index in [2.05, 4.69) is 23.8 Å². The zero-order chi connectivity index (χ0) is 23.1. The van der Waals surface area contributed by atoms with Crippen molar-refractivity contribution in [2.24, 2.45) is 5.92 Å². The van der Waals surface area contributed by atoms with Gasteiger partial charge in [-0.2, -0.15) is 0 Å². The number of thiophene rings is 1. The second kappa shape index (κ2) is 10.7. The Morgan fingerprint density at radius 1 is 1.31 bits per heavy atom. The van der Waals surface area contributed by atoms with Gasteiger partial charge < -0.3 is 9.30 Å². The molecule has 0 atom stereocenters. The highest BCUT2D eigenvalue weighted by Gasteiger charge is 2.26. The van der Waals surface area contributed by atoms with Gasteiger partial charge in [-0.3, -0.25) is 4.98 Å². The van der Waals surface area contributed by atoms with Gasteiger partial charge in [0.25, 0.3) is 10.0 Å². The molecular formula is C22H28N4O4S2. The summed E-state index contributed by atoms with van der Waals surface area (Å²) in [6, 6.07) is 5.57. The largest absolute Gasteiger partial charge is 0.449 e. The minimum atomic E-state index is -4.09. The minimum Gasteiger partial charge on any atom is -0.449 e. The van der Waals surface area contributed by atoms with Crippen molar-refractivity contribution < 1.29 is 17.9 Å². The Labute approximate surface area is 192 Å². The number of hydrogen-bond donors (Lipinski definition) is 1. The Morgan fingerprint density at radius 2 is 2.12 bits per heavy atom. The Balaban J connectivity index is 1.87. The van der Waals surface area contributed by atoms with Crippen molar-refractivity contribution >= 4 is 27.5 Å². The first kappa shape index (κ1) is 23.9. The molecule has 0 aromatic carbocycles. The smallest absolute Gasteiger partial charge is 0.421 e. The van der Waals surface area contributed by atoms with Crippen molar-refractivity contribution in [1.82, 2.24) is 19.3 Å². The average molecular weight is 477 g/mol. The fourth-order valence-electron chi connectivity index (χ4n) is 3.07. The number of rotatable bonds is 10. The first-order chi connectivity index (χ1) is 15.3. The maximum atomic E-state index is 13.0. The molecule has 1 N–H and O–H groups in total. The van der Waals surface area contributed by atoms with Crippen molar-refractivity contribution in [1.29, 1.82) is 0 Å². The number of pyridine rings is 1. The third kappa shape index (κ3) is 6.39. The standard InChI is InChI=1S/C22H28N4O4S2/c1-4-5-10-30-22(27)25-32(28,29)21-20(12-19(31-21)11-16(2)3)17-6-7-18(24-13-17)14-26-9-8-23-15-26/h6-9,12-13,15-16H,4-5,10-11,14H2,1-3H3,(H,25,27). The van der Waals surface area contributed by atoms with Crippen LogP contribution in [0, 0.1) is 5.92 Å². The molecule has 1 amide bonds. The predicted octanol–water partition coefficient (Wildman–Crippen LogP) is 4.47. The summed E-state index contributed by atoms with van der Waals surface area (Å²) >= 11 is 1.17. The van der Waals surface area contributed by atoms with Crippen molar-refractivity contribution in [2.45, 2.75) is 50.8 Å². The van der Waals surface area contributed by atoms with Crippen molar-refractivity contribution in [2.75, 3.05) is 6.61 Å². The van der Waals surface area contributed by atoms with E-state index in [1.54, 1.807) is 18.7 Å². The summed E-state index contributed by atoms with van der Waals surface area (Å²) in [5.41, 5.74) is 2.03. The van der Waals surface area contributed by atoms with Crippen molar-refractivity contribution in [3.8, 4) is 11.1 Å². The third-order valence-electron chi connectivity index (χ3n) is 4.59. The molecule has 10 heteroatoms. The van der Waals surface area contributed by atoms with E-state index in [1.807, 2.05) is 40.6 Å². The number of nitrogens with one attached hydrogen (secondary N) is 1. The second-order valence-corrected chi connectivity index (χ2v) is 10.9. The molecule has 3 rings (SSSR count). The number of carbonyl (C=O) groups is 1. The second-order valence-electron chi connectivity index (χ2n) is 7.88. The van der Waals surface area contributed by atoms with Crippen LogP contribution >= 0.6 is 11.3 Å². The van der Waals surface area contributed by atoms with Crippen LogP contribution in [0.5, 0.6) is 0 Å². The molecule has 0 spiro atoms. The number of aromatic nitrogens is 3. The molecule has 0 fully saturated rings. The van der Waals surface area contributed by atoms with Gasteiger partial charge in [-0.15, -0.1) is 11.3 Å². The number of carbonyl (C=O) groups excluding carboxylic acids is 1. The number of unbranched alkanes of at least 4 members (excludes halogenated alkanes) is 1. The van der Waals surface area contributed by atoms with Gasteiger partial charge in [0.2, 0.25) is 0 Å². The fraction of sp³-hybridized carbons (Fsp3) is 0.409. The SMILES string of the molecule is CCCCOC(=O)NS(=O)(=O)c1sc(CC(C)C)cc1-c1ccc(Cn2ccnc2)nc1. The molecule has 0 aliphatic heterocycles. The Morgan fingerprint density at radius 3 is 2.75 bits per heavy atom. The molecule has 172 valence electrons. The maximum absolute atomic E-state index is 13.0. The Kier molecular flexibility index (Phi) is 8.03. The normalized spacial score (nSPS) is 11.6. The van der Waals surface area contributed by atoms with Crippen LogP contribution in [0.1, 0.15) is 44.2 Å². The van der Waals surface area contributed by atoms with Gasteiger partial charge in [0.05, 0.1) is 25.2 Å². The van der Waals surface area contributed by atoms with Crippen LogP contribution in [-0.4, -0.2) is 35.7 Å². The lowest BCUT2D eigenvalue weighted by molar-refractivity contribution is 0.151. The molecule has 3 heterocycles. The summed E-state index contributed by atoms with van der Waals surface area (Å²) in [7, 11) is -4.09. The van der Waals surface area contributed by atoms with E-state index in [-0.39, 0.29) is 10.8 Å². The van der Waals surface area contributed by atoms with Crippen molar-refractivity contribution in [3.63, 3.8) is 0 Å². The lowest BCUT2D eigenvalue weighted by atomic mass is 10.1. The minimum absolute atomic E-state index is 0.0877. The van der Waals surface area contributed by atoms with Gasteiger partial charge in [0.1, 0.15) is 4.21 Å². The highest BCUT2D eigenvalue weighted by atomic mass is 32.2. The molecule has 0 saturated heterocycles. The summed E-state index contributed by atoms with van der Waals surface area (Å²) in [6.07, 6.45) is 8.22. The lowest BCUT2D eigenvalue weighted by Crippen LogP contribution is -2.31. The van der Waals surface area contributed by atoms with E-state index in [1.165, 1.54) is 11.3 Å². The van der Waals surface area contributed by atoms with Crippen LogP contribution < -0.4 is 4.72 Å². The first-order valence-corrected chi connectivity index (χ1v) is 12.8. The third-order valence-corrected chi connectivity index (χ3v) is 7.59. The molecule has 0 saturated carbocycles. The molecule has 0 aliphatic carbocycles. The summed E-state index contributed by atoms with van der Waals surface area (Å²) < 4.78 is 35.0. The lowest BCUT2D eigenvalue weighted by Gasteiger charge is -2.09. The van der Waals surface area contributed by atoms with Gasteiger partial charge in [-0.05, 0) is 30.9 Å². The van der Waals surface area contributed by atoms with Crippen LogP contribution in [0.3, 0.4) is 0 Å². The summed E-state index contributed by atoms with van der Waals surface area (Å²) in [6.45, 7) is 6.85. The van der Waals surface area contributed by atoms with E-state index < -0.39 is 16.1 Å². The van der Waals surface area contributed by atoms with Crippen LogP contribution in [0.2, 0.25) is 0 Å². The molecule has 0 radical (unpaired) electrons. The van der Waals surface area contributed by atoms with Gasteiger partial charge in [0.15, 0.2) is 0 Å². The fourth-order valence-corrected chi connectivity index (χ4v) is 5.91. The maximum Gasteiger partial charge on any atom is 0.421 e. The monoisotopic (exact) mass is 476 g/mol. The van der Waals surface area contributed by atoms with Crippen LogP contribution in [0.25, 0.3) is 11.1 Å². The highest BCUT2D eigenvalue weighted by Crippen LogP contribution is 2.36. The quantitative estimate of drug-likeness (QED) is 0.433. The van der Waals surface area contributed by atoms with Crippen molar-refractivity contribution in [3.05, 3.63) is 53.7 Å².